The fourth-order valence-corrected chi connectivity index (χ4v) is 2.56. The van der Waals surface area contributed by atoms with Crippen LogP contribution in [0.2, 0.25) is 0 Å². The summed E-state index contributed by atoms with van der Waals surface area (Å²) in [4.78, 5) is 0. The standard InChI is InChI=1S/C15H26F6/c1-11(2,3)8-7-9-13(14(16,17)18,15(19,20)21)10-12(4,5)6/h7-10H2,1-6H3. The van der Waals surface area contributed by atoms with Gasteiger partial charge in [-0.3, -0.25) is 0 Å². The van der Waals surface area contributed by atoms with Crippen molar-refractivity contribution in [2.75, 3.05) is 0 Å². The molecule has 0 aliphatic carbocycles. The third kappa shape index (κ3) is 6.07. The number of halogens is 6. The van der Waals surface area contributed by atoms with Crippen molar-refractivity contribution in [2.45, 2.75) is 79.6 Å². The second kappa shape index (κ2) is 5.99. The molecule has 0 spiro atoms. The summed E-state index contributed by atoms with van der Waals surface area (Å²) in [5.74, 6) is 0. The number of hydrogen-bond acceptors (Lipinski definition) is 0. The first-order valence-corrected chi connectivity index (χ1v) is 7.05. The summed E-state index contributed by atoms with van der Waals surface area (Å²) in [6.45, 7) is 9.63. The summed E-state index contributed by atoms with van der Waals surface area (Å²) >= 11 is 0. The summed E-state index contributed by atoms with van der Waals surface area (Å²) in [5.41, 5.74) is -4.97. The topological polar surface area (TPSA) is 0 Å². The van der Waals surface area contributed by atoms with Crippen molar-refractivity contribution in [3.8, 4) is 0 Å². The van der Waals surface area contributed by atoms with Gasteiger partial charge in [-0.2, -0.15) is 26.3 Å². The molecular formula is C15H26F6. The third-order valence-corrected chi connectivity index (χ3v) is 3.45. The van der Waals surface area contributed by atoms with Gasteiger partial charge in [0.05, 0.1) is 0 Å². The second-order valence-corrected chi connectivity index (χ2v) is 8.23. The molecule has 0 aliphatic rings. The predicted octanol–water partition coefficient (Wildman–Crippen LogP) is 6.75. The van der Waals surface area contributed by atoms with Crippen molar-refractivity contribution in [1.29, 1.82) is 0 Å². The van der Waals surface area contributed by atoms with Crippen molar-refractivity contribution in [1.82, 2.24) is 0 Å². The second-order valence-electron chi connectivity index (χ2n) is 8.23. The molecule has 0 bridgehead atoms. The summed E-state index contributed by atoms with van der Waals surface area (Å²) in [6.07, 6.45) is -12.2. The molecule has 0 amide bonds. The van der Waals surface area contributed by atoms with Crippen molar-refractivity contribution >= 4 is 0 Å². The van der Waals surface area contributed by atoms with Gasteiger partial charge in [-0.05, 0) is 30.1 Å². The van der Waals surface area contributed by atoms with E-state index in [-0.39, 0.29) is 11.8 Å². The van der Waals surface area contributed by atoms with E-state index in [2.05, 4.69) is 0 Å². The molecule has 21 heavy (non-hydrogen) atoms. The van der Waals surface area contributed by atoms with Gasteiger partial charge in [0.25, 0.3) is 0 Å². The van der Waals surface area contributed by atoms with Crippen LogP contribution in [-0.4, -0.2) is 12.4 Å². The summed E-state index contributed by atoms with van der Waals surface area (Å²) < 4.78 is 79.8. The minimum Gasteiger partial charge on any atom is -0.170 e. The first-order chi connectivity index (χ1) is 8.91. The van der Waals surface area contributed by atoms with E-state index < -0.39 is 36.0 Å². The van der Waals surface area contributed by atoms with E-state index in [1.165, 1.54) is 20.8 Å². The Labute approximate surface area is 123 Å². The van der Waals surface area contributed by atoms with E-state index in [1.807, 2.05) is 0 Å². The summed E-state index contributed by atoms with van der Waals surface area (Å²) in [6, 6.07) is 0. The molecule has 0 saturated carbocycles. The zero-order chi connectivity index (χ0) is 17.3. The smallest absolute Gasteiger partial charge is 0.170 e. The van der Waals surface area contributed by atoms with E-state index in [0.717, 1.165) is 0 Å². The van der Waals surface area contributed by atoms with Crippen molar-refractivity contribution in [2.24, 2.45) is 16.2 Å². The SMILES string of the molecule is CC(C)(C)CCCC(CC(C)(C)C)(C(F)(F)F)C(F)(F)F. The Morgan fingerprint density at radius 3 is 1.19 bits per heavy atom. The Morgan fingerprint density at radius 1 is 0.571 bits per heavy atom. The number of hydrogen-bond donors (Lipinski definition) is 0. The van der Waals surface area contributed by atoms with Crippen LogP contribution in [0.3, 0.4) is 0 Å². The van der Waals surface area contributed by atoms with Gasteiger partial charge in [-0.15, -0.1) is 0 Å². The van der Waals surface area contributed by atoms with Gasteiger partial charge in [-0.1, -0.05) is 48.0 Å². The summed E-state index contributed by atoms with van der Waals surface area (Å²) in [7, 11) is 0. The average molecular weight is 320 g/mol. The molecule has 0 fully saturated rings. The fourth-order valence-electron chi connectivity index (χ4n) is 2.56. The molecule has 6 heteroatoms. The molecule has 0 rings (SSSR count). The molecule has 0 aromatic heterocycles. The van der Waals surface area contributed by atoms with Crippen LogP contribution in [0.1, 0.15) is 67.2 Å². The van der Waals surface area contributed by atoms with Gasteiger partial charge >= 0.3 is 12.4 Å². The van der Waals surface area contributed by atoms with Gasteiger partial charge in [-0.25, -0.2) is 0 Å². The van der Waals surface area contributed by atoms with Gasteiger partial charge in [0.2, 0.25) is 0 Å². The van der Waals surface area contributed by atoms with E-state index in [9.17, 15) is 26.3 Å². The van der Waals surface area contributed by atoms with Crippen molar-refractivity contribution in [3.63, 3.8) is 0 Å². The third-order valence-electron chi connectivity index (χ3n) is 3.45. The maximum absolute atomic E-state index is 13.3. The molecule has 0 nitrogen and oxygen atoms in total. The van der Waals surface area contributed by atoms with Crippen LogP contribution in [-0.2, 0) is 0 Å². The van der Waals surface area contributed by atoms with Crippen LogP contribution in [0, 0.1) is 16.2 Å². The molecule has 0 radical (unpaired) electrons. The minimum atomic E-state index is -5.30. The minimum absolute atomic E-state index is 0.0986. The molecule has 128 valence electrons. The maximum Gasteiger partial charge on any atom is 0.403 e. The fraction of sp³-hybridized carbons (Fsp3) is 1.00. The molecule has 0 atom stereocenters. The molecule has 0 N–H and O–H groups in total. The van der Waals surface area contributed by atoms with Gasteiger partial charge in [0, 0.05) is 0 Å². The molecule has 0 aliphatic heterocycles. The van der Waals surface area contributed by atoms with Crippen molar-refractivity contribution in [3.05, 3.63) is 0 Å². The Balaban J connectivity index is 5.51. The van der Waals surface area contributed by atoms with Gasteiger partial charge in [0.1, 0.15) is 0 Å². The van der Waals surface area contributed by atoms with Crippen LogP contribution in [0.5, 0.6) is 0 Å². The highest BCUT2D eigenvalue weighted by molar-refractivity contribution is 4.96. The molecule has 0 saturated heterocycles. The molecule has 0 unspecified atom stereocenters. The zero-order valence-electron chi connectivity index (χ0n) is 13.6. The average Bonchev–Trinajstić information content (AvgIpc) is 2.07. The highest BCUT2D eigenvalue weighted by Gasteiger charge is 2.70. The van der Waals surface area contributed by atoms with E-state index >= 15 is 0 Å². The lowest BCUT2D eigenvalue weighted by Crippen LogP contribution is -2.52. The Hall–Kier alpha value is -0.420. The van der Waals surface area contributed by atoms with Crippen LogP contribution in [0.4, 0.5) is 26.3 Å². The Kier molecular flexibility index (Phi) is 5.87. The number of alkyl halides is 6. The Morgan fingerprint density at radius 2 is 0.952 bits per heavy atom. The lowest BCUT2D eigenvalue weighted by molar-refractivity contribution is -0.351. The predicted molar refractivity (Wildman–Crippen MR) is 71.9 cm³/mol. The van der Waals surface area contributed by atoms with Crippen molar-refractivity contribution < 1.29 is 26.3 Å². The summed E-state index contributed by atoms with van der Waals surface area (Å²) in [5, 5.41) is 0. The monoisotopic (exact) mass is 320 g/mol. The molecule has 0 aromatic rings. The first-order valence-electron chi connectivity index (χ1n) is 7.05. The first kappa shape index (κ1) is 20.6. The zero-order valence-corrected chi connectivity index (χ0v) is 13.6. The van der Waals surface area contributed by atoms with Gasteiger partial charge in [0.15, 0.2) is 5.41 Å². The van der Waals surface area contributed by atoms with E-state index in [1.54, 1.807) is 20.8 Å². The lowest BCUT2D eigenvalue weighted by Gasteiger charge is -2.42. The maximum atomic E-state index is 13.3. The van der Waals surface area contributed by atoms with E-state index in [0.29, 0.717) is 6.42 Å². The van der Waals surface area contributed by atoms with Crippen LogP contribution in [0.15, 0.2) is 0 Å². The lowest BCUT2D eigenvalue weighted by atomic mass is 9.69. The largest absolute Gasteiger partial charge is 0.403 e. The van der Waals surface area contributed by atoms with Crippen LogP contribution < -0.4 is 0 Å². The highest BCUT2D eigenvalue weighted by atomic mass is 19.4. The molecule has 0 heterocycles. The Bertz CT molecular complexity index is 310. The number of rotatable bonds is 4. The molecular weight excluding hydrogens is 294 g/mol. The van der Waals surface area contributed by atoms with Crippen LogP contribution in [0.25, 0.3) is 0 Å². The van der Waals surface area contributed by atoms with Crippen LogP contribution >= 0.6 is 0 Å². The van der Waals surface area contributed by atoms with E-state index in [4.69, 9.17) is 0 Å². The normalized spacial score (nSPS) is 15.4. The molecule has 0 aromatic carbocycles. The van der Waals surface area contributed by atoms with Gasteiger partial charge < -0.3 is 0 Å². The highest BCUT2D eigenvalue weighted by Crippen LogP contribution is 2.58. The quantitative estimate of drug-likeness (QED) is 0.503.